The van der Waals surface area contributed by atoms with Gasteiger partial charge in [0.05, 0.1) is 7.05 Å². The van der Waals surface area contributed by atoms with Gasteiger partial charge in [0.25, 0.3) is 5.78 Å². The fraction of sp³-hybridized carbons (Fsp3) is 0.421. The Bertz CT molecular complexity index is 937. The largest absolute Gasteiger partial charge is 0.315 e. The highest BCUT2D eigenvalue weighted by Crippen LogP contribution is 2.14. The van der Waals surface area contributed by atoms with Gasteiger partial charge in [0.15, 0.2) is 6.67 Å². The molecule has 25 heavy (non-hydrogen) atoms. The lowest BCUT2D eigenvalue weighted by Crippen LogP contribution is -3.07. The molecule has 5 nitrogen and oxygen atoms in total. The number of rotatable bonds is 5. The molecule has 0 aliphatic rings. The number of quaternary nitrogens is 1. The minimum atomic E-state index is 0.564. The van der Waals surface area contributed by atoms with Crippen LogP contribution in [0.2, 0.25) is 0 Å². The Morgan fingerprint density at radius 2 is 1.84 bits per heavy atom. The van der Waals surface area contributed by atoms with Crippen LogP contribution in [-0.4, -0.2) is 26.2 Å². The van der Waals surface area contributed by atoms with Crippen LogP contribution >= 0.6 is 12.2 Å². The summed E-state index contributed by atoms with van der Waals surface area (Å²) >= 11 is 5.60. The average Bonchev–Trinajstić information content (AvgIpc) is 2.83. The second-order valence-electron chi connectivity index (χ2n) is 7.14. The van der Waals surface area contributed by atoms with Crippen LogP contribution in [0.4, 0.5) is 0 Å². The van der Waals surface area contributed by atoms with Crippen molar-refractivity contribution in [3.63, 3.8) is 0 Å². The molecule has 132 valence electrons. The van der Waals surface area contributed by atoms with Gasteiger partial charge in [-0.2, -0.15) is 4.68 Å². The summed E-state index contributed by atoms with van der Waals surface area (Å²) in [7, 11) is 2.16. The van der Waals surface area contributed by atoms with Crippen molar-refractivity contribution < 1.29 is 4.90 Å². The molecule has 2 heterocycles. The molecule has 1 unspecified atom stereocenters. The maximum absolute atomic E-state index is 5.60. The summed E-state index contributed by atoms with van der Waals surface area (Å²) in [6.07, 6.45) is 0. The Labute approximate surface area is 153 Å². The number of benzene rings is 1. The molecule has 0 aliphatic heterocycles. The molecular formula is C19H26N5S+. The van der Waals surface area contributed by atoms with Gasteiger partial charge in [-0.3, -0.25) is 4.40 Å². The predicted octanol–water partition coefficient (Wildman–Crippen LogP) is 2.67. The predicted molar refractivity (Wildman–Crippen MR) is 102 cm³/mol. The van der Waals surface area contributed by atoms with Crippen molar-refractivity contribution >= 4 is 18.0 Å². The Hall–Kier alpha value is -2.05. The zero-order chi connectivity index (χ0) is 18.1. The molecule has 2 aromatic heterocycles. The van der Waals surface area contributed by atoms with E-state index in [1.54, 1.807) is 0 Å². The molecule has 0 saturated heterocycles. The molecule has 1 atom stereocenters. The monoisotopic (exact) mass is 356 g/mol. The van der Waals surface area contributed by atoms with Gasteiger partial charge in [0.2, 0.25) is 4.77 Å². The van der Waals surface area contributed by atoms with Crippen molar-refractivity contribution in [1.29, 1.82) is 0 Å². The summed E-state index contributed by atoms with van der Waals surface area (Å²) in [5, 5.41) is 4.60. The van der Waals surface area contributed by atoms with E-state index in [9.17, 15) is 0 Å². The quantitative estimate of drug-likeness (QED) is 0.715. The molecule has 0 aliphatic carbocycles. The van der Waals surface area contributed by atoms with Crippen LogP contribution in [-0.2, 0) is 13.2 Å². The van der Waals surface area contributed by atoms with Gasteiger partial charge in [-0.15, -0.1) is 5.10 Å². The fourth-order valence-electron chi connectivity index (χ4n) is 3.12. The molecule has 0 bridgehead atoms. The minimum absolute atomic E-state index is 0.564. The van der Waals surface area contributed by atoms with Crippen molar-refractivity contribution in [1.82, 2.24) is 19.2 Å². The molecule has 1 aromatic carbocycles. The van der Waals surface area contributed by atoms with E-state index >= 15 is 0 Å². The smallest absolute Gasteiger partial charge is 0.254 e. The summed E-state index contributed by atoms with van der Waals surface area (Å²) in [6.45, 7) is 10.1. The number of hydrogen-bond acceptors (Lipinski definition) is 3. The first-order valence-electron chi connectivity index (χ1n) is 8.69. The number of nitrogens with one attached hydrogen (secondary N) is 1. The third-order valence-electron chi connectivity index (χ3n) is 4.44. The van der Waals surface area contributed by atoms with Crippen LogP contribution in [0, 0.1) is 18.6 Å². The van der Waals surface area contributed by atoms with Gasteiger partial charge in [-0.25, -0.2) is 4.98 Å². The lowest BCUT2D eigenvalue weighted by molar-refractivity contribution is -0.917. The summed E-state index contributed by atoms with van der Waals surface area (Å²) in [5.41, 5.74) is 4.73. The average molecular weight is 357 g/mol. The van der Waals surface area contributed by atoms with Crippen LogP contribution in [0.15, 0.2) is 30.3 Å². The molecule has 0 fully saturated rings. The van der Waals surface area contributed by atoms with E-state index < -0.39 is 0 Å². The Morgan fingerprint density at radius 3 is 2.48 bits per heavy atom. The van der Waals surface area contributed by atoms with Crippen LogP contribution in [0.3, 0.4) is 0 Å². The highest BCUT2D eigenvalue weighted by Gasteiger charge is 2.12. The van der Waals surface area contributed by atoms with E-state index in [0.717, 1.165) is 17.9 Å². The van der Waals surface area contributed by atoms with Gasteiger partial charge in [-0.1, -0.05) is 38.1 Å². The number of nitrogens with zero attached hydrogens (tertiary/aromatic N) is 4. The molecule has 3 aromatic rings. The van der Waals surface area contributed by atoms with Crippen molar-refractivity contribution in [3.05, 3.63) is 57.6 Å². The van der Waals surface area contributed by atoms with Crippen LogP contribution in [0.1, 0.15) is 42.3 Å². The van der Waals surface area contributed by atoms with Gasteiger partial charge in [-0.05, 0) is 43.6 Å². The maximum Gasteiger partial charge on any atom is 0.254 e. The number of fused-ring (bicyclic) bond motifs is 1. The molecule has 0 spiro atoms. The fourth-order valence-corrected chi connectivity index (χ4v) is 3.45. The lowest BCUT2D eigenvalue weighted by Gasteiger charge is -2.14. The van der Waals surface area contributed by atoms with Crippen LogP contribution in [0.25, 0.3) is 5.78 Å². The first-order chi connectivity index (χ1) is 11.8. The topological polar surface area (TPSA) is 39.6 Å². The Morgan fingerprint density at radius 1 is 1.16 bits per heavy atom. The number of aromatic nitrogens is 4. The first kappa shape index (κ1) is 17.8. The molecule has 0 amide bonds. The van der Waals surface area contributed by atoms with E-state index in [4.69, 9.17) is 12.2 Å². The molecule has 3 rings (SSSR count). The summed E-state index contributed by atoms with van der Waals surface area (Å²) in [4.78, 5) is 5.82. The number of aryl methyl sites for hydroxylation is 2. The lowest BCUT2D eigenvalue weighted by atomic mass is 10.0. The van der Waals surface area contributed by atoms with E-state index in [-0.39, 0.29) is 0 Å². The molecule has 0 saturated carbocycles. The zero-order valence-corrected chi connectivity index (χ0v) is 16.4. The Kier molecular flexibility index (Phi) is 5.01. The van der Waals surface area contributed by atoms with Gasteiger partial charge < -0.3 is 4.90 Å². The molecule has 0 radical (unpaired) electrons. The zero-order valence-electron chi connectivity index (χ0n) is 15.6. The standard InChI is InChI=1S/C19H25N5S/c1-13(2)17-8-6-16(7-9-17)11-22(5)12-23-19(25)24-15(4)10-14(3)20-18(24)21-23/h6-10,13H,11-12H2,1-5H3/p+1. The maximum atomic E-state index is 5.60. The van der Waals surface area contributed by atoms with Gasteiger partial charge in [0, 0.05) is 17.0 Å². The first-order valence-corrected chi connectivity index (χ1v) is 9.10. The van der Waals surface area contributed by atoms with Crippen molar-refractivity contribution in [2.75, 3.05) is 7.05 Å². The second kappa shape index (κ2) is 7.06. The highest BCUT2D eigenvalue weighted by molar-refractivity contribution is 7.71. The van der Waals surface area contributed by atoms with Crippen molar-refractivity contribution in [2.24, 2.45) is 0 Å². The van der Waals surface area contributed by atoms with E-state index in [1.807, 2.05) is 29.0 Å². The highest BCUT2D eigenvalue weighted by atomic mass is 32.1. The van der Waals surface area contributed by atoms with Crippen LogP contribution in [0.5, 0.6) is 0 Å². The minimum Gasteiger partial charge on any atom is -0.315 e. The third-order valence-corrected chi connectivity index (χ3v) is 4.83. The third kappa shape index (κ3) is 3.80. The van der Waals surface area contributed by atoms with Crippen LogP contribution < -0.4 is 4.90 Å². The van der Waals surface area contributed by atoms with Gasteiger partial charge in [0.1, 0.15) is 6.54 Å². The SMILES string of the molecule is Cc1cc(C)n2c(=S)n(C[NH+](C)Cc3ccc(C(C)C)cc3)nc2n1. The normalized spacial score (nSPS) is 12.9. The molecular weight excluding hydrogens is 330 g/mol. The van der Waals surface area contributed by atoms with Crippen molar-refractivity contribution in [2.45, 2.75) is 46.8 Å². The van der Waals surface area contributed by atoms with E-state index in [0.29, 0.717) is 23.1 Å². The number of hydrogen-bond donors (Lipinski definition) is 1. The van der Waals surface area contributed by atoms with Crippen molar-refractivity contribution in [3.8, 4) is 0 Å². The summed E-state index contributed by atoms with van der Waals surface area (Å²) in [5.74, 6) is 1.24. The van der Waals surface area contributed by atoms with E-state index in [1.165, 1.54) is 16.0 Å². The molecule has 1 N–H and O–H groups in total. The summed E-state index contributed by atoms with van der Waals surface area (Å²) < 4.78 is 4.52. The van der Waals surface area contributed by atoms with Gasteiger partial charge >= 0.3 is 0 Å². The Balaban J connectivity index is 1.78. The summed E-state index contributed by atoms with van der Waals surface area (Å²) in [6, 6.07) is 10.9. The second-order valence-corrected chi connectivity index (χ2v) is 7.51. The van der Waals surface area contributed by atoms with E-state index in [2.05, 4.69) is 55.2 Å². The molecule has 6 heteroatoms.